The van der Waals surface area contributed by atoms with Gasteiger partial charge in [-0.2, -0.15) is 0 Å². The number of nitrogens with one attached hydrogen (secondary N) is 1. The van der Waals surface area contributed by atoms with Gasteiger partial charge in [-0.15, -0.1) is 0 Å². The van der Waals surface area contributed by atoms with Crippen molar-refractivity contribution in [2.75, 3.05) is 40.4 Å². The molecule has 0 bridgehead atoms. The Bertz CT molecular complexity index is 394. The summed E-state index contributed by atoms with van der Waals surface area (Å²) in [5.74, 6) is 0. The molecule has 1 aromatic carbocycles. The zero-order chi connectivity index (χ0) is 14.4. The minimum Gasteiger partial charge on any atom is -0.380 e. The van der Waals surface area contributed by atoms with Gasteiger partial charge in [-0.3, -0.25) is 4.90 Å². The number of hydrogen-bond donors (Lipinski definition) is 1. The van der Waals surface area contributed by atoms with Gasteiger partial charge in [-0.1, -0.05) is 31.2 Å². The number of methoxy groups -OCH3 is 1. The lowest BCUT2D eigenvalue weighted by atomic mass is 9.97. The van der Waals surface area contributed by atoms with Crippen LogP contribution in [0.15, 0.2) is 24.3 Å². The molecule has 1 fully saturated rings. The molecule has 112 valence electrons. The zero-order valence-electron chi connectivity index (χ0n) is 12.8. The van der Waals surface area contributed by atoms with Gasteiger partial charge in [0.2, 0.25) is 0 Å². The van der Waals surface area contributed by atoms with Crippen LogP contribution in [0.1, 0.15) is 24.1 Å². The summed E-state index contributed by atoms with van der Waals surface area (Å²) in [6, 6.07) is 9.00. The van der Waals surface area contributed by atoms with Crippen molar-refractivity contribution in [1.29, 1.82) is 0 Å². The molecule has 0 amide bonds. The van der Waals surface area contributed by atoms with Gasteiger partial charge in [-0.05, 0) is 24.7 Å². The summed E-state index contributed by atoms with van der Waals surface area (Å²) in [6.07, 6.45) is 0.210. The van der Waals surface area contributed by atoms with Crippen LogP contribution in [0.25, 0.3) is 0 Å². The molecule has 1 aromatic rings. The number of nitrogens with zero attached hydrogens (tertiary/aromatic N) is 1. The van der Waals surface area contributed by atoms with Crippen molar-refractivity contribution >= 4 is 0 Å². The fraction of sp³-hybridized carbons (Fsp3) is 0.625. The Labute approximate surface area is 122 Å². The Kier molecular flexibility index (Phi) is 5.98. The Morgan fingerprint density at radius 2 is 2.10 bits per heavy atom. The summed E-state index contributed by atoms with van der Waals surface area (Å²) < 4.78 is 11.1. The predicted molar refractivity (Wildman–Crippen MR) is 80.8 cm³/mol. The average Bonchev–Trinajstić information content (AvgIpc) is 2.47. The Morgan fingerprint density at radius 3 is 2.75 bits per heavy atom. The highest BCUT2D eigenvalue weighted by Crippen LogP contribution is 2.28. The first kappa shape index (κ1) is 15.4. The van der Waals surface area contributed by atoms with Crippen LogP contribution in [-0.2, 0) is 16.1 Å². The lowest BCUT2D eigenvalue weighted by Crippen LogP contribution is -2.47. The highest BCUT2D eigenvalue weighted by atomic mass is 16.5. The van der Waals surface area contributed by atoms with E-state index in [0.717, 1.165) is 26.2 Å². The second kappa shape index (κ2) is 7.74. The van der Waals surface area contributed by atoms with Crippen LogP contribution in [0.4, 0.5) is 0 Å². The molecule has 0 aliphatic carbocycles. The molecule has 0 spiro atoms. The van der Waals surface area contributed by atoms with Gasteiger partial charge in [0.1, 0.15) is 0 Å². The van der Waals surface area contributed by atoms with E-state index in [1.165, 1.54) is 11.1 Å². The minimum atomic E-state index is 0.210. The van der Waals surface area contributed by atoms with Crippen LogP contribution in [0.2, 0.25) is 0 Å². The topological polar surface area (TPSA) is 33.7 Å². The molecule has 1 aliphatic heterocycles. The lowest BCUT2D eigenvalue weighted by Gasteiger charge is -2.39. The summed E-state index contributed by atoms with van der Waals surface area (Å²) >= 11 is 0. The van der Waals surface area contributed by atoms with E-state index in [1.54, 1.807) is 7.11 Å². The van der Waals surface area contributed by atoms with Crippen LogP contribution in [0.3, 0.4) is 0 Å². The normalized spacial score (nSPS) is 23.9. The molecule has 20 heavy (non-hydrogen) atoms. The summed E-state index contributed by atoms with van der Waals surface area (Å²) in [7, 11) is 3.90. The minimum absolute atomic E-state index is 0.210. The SMILES string of the molecule is CCNCC1OCCN(C)C1c1ccc(COC)cc1. The van der Waals surface area contributed by atoms with Gasteiger partial charge in [-0.25, -0.2) is 0 Å². The van der Waals surface area contributed by atoms with Crippen LogP contribution < -0.4 is 5.32 Å². The maximum Gasteiger partial charge on any atom is 0.0896 e. The van der Waals surface area contributed by atoms with E-state index in [0.29, 0.717) is 12.6 Å². The fourth-order valence-electron chi connectivity index (χ4n) is 2.77. The lowest BCUT2D eigenvalue weighted by molar-refractivity contribution is -0.0611. The molecule has 0 aromatic heterocycles. The highest BCUT2D eigenvalue weighted by molar-refractivity contribution is 5.26. The van der Waals surface area contributed by atoms with E-state index in [2.05, 4.69) is 48.5 Å². The number of benzene rings is 1. The Hall–Kier alpha value is -0.940. The quantitative estimate of drug-likeness (QED) is 0.860. The molecular formula is C16H26N2O2. The third-order valence-corrected chi connectivity index (χ3v) is 3.83. The Balaban J connectivity index is 2.12. The summed E-state index contributed by atoms with van der Waals surface area (Å²) in [5, 5.41) is 3.40. The van der Waals surface area contributed by atoms with E-state index >= 15 is 0 Å². The molecule has 2 unspecified atom stereocenters. The maximum absolute atomic E-state index is 5.97. The van der Waals surface area contributed by atoms with Gasteiger partial charge in [0, 0.05) is 20.2 Å². The van der Waals surface area contributed by atoms with E-state index in [1.807, 2.05) is 0 Å². The first-order chi connectivity index (χ1) is 9.76. The van der Waals surface area contributed by atoms with Gasteiger partial charge >= 0.3 is 0 Å². The first-order valence-electron chi connectivity index (χ1n) is 7.36. The zero-order valence-corrected chi connectivity index (χ0v) is 12.8. The molecule has 1 saturated heterocycles. The third kappa shape index (κ3) is 3.79. The van der Waals surface area contributed by atoms with E-state index in [-0.39, 0.29) is 6.10 Å². The summed E-state index contributed by atoms with van der Waals surface area (Å²) in [5.41, 5.74) is 2.52. The number of ether oxygens (including phenoxy) is 2. The monoisotopic (exact) mass is 278 g/mol. The van der Waals surface area contributed by atoms with Crippen molar-refractivity contribution < 1.29 is 9.47 Å². The van der Waals surface area contributed by atoms with E-state index in [9.17, 15) is 0 Å². The van der Waals surface area contributed by atoms with Crippen LogP contribution in [0.5, 0.6) is 0 Å². The first-order valence-corrected chi connectivity index (χ1v) is 7.36. The molecule has 2 rings (SSSR count). The Morgan fingerprint density at radius 1 is 1.35 bits per heavy atom. The molecule has 0 saturated carbocycles. The second-order valence-corrected chi connectivity index (χ2v) is 5.32. The molecule has 0 radical (unpaired) electrons. The molecular weight excluding hydrogens is 252 g/mol. The van der Waals surface area contributed by atoms with Crippen molar-refractivity contribution in [1.82, 2.24) is 10.2 Å². The van der Waals surface area contributed by atoms with Crippen molar-refractivity contribution in [3.63, 3.8) is 0 Å². The standard InChI is InChI=1S/C16H26N2O2/c1-4-17-11-15-16(18(2)9-10-20-15)14-7-5-13(6-8-14)12-19-3/h5-8,15-17H,4,9-12H2,1-3H3. The largest absolute Gasteiger partial charge is 0.380 e. The van der Waals surface area contributed by atoms with Crippen molar-refractivity contribution in [2.45, 2.75) is 25.7 Å². The van der Waals surface area contributed by atoms with Gasteiger partial charge in [0.05, 0.1) is 25.4 Å². The third-order valence-electron chi connectivity index (χ3n) is 3.83. The molecule has 4 heteroatoms. The predicted octanol–water partition coefficient (Wildman–Crippen LogP) is 1.81. The summed E-state index contributed by atoms with van der Waals surface area (Å²) in [6.45, 7) is 6.45. The van der Waals surface area contributed by atoms with Gasteiger partial charge < -0.3 is 14.8 Å². The van der Waals surface area contributed by atoms with Crippen LogP contribution >= 0.6 is 0 Å². The number of hydrogen-bond acceptors (Lipinski definition) is 4. The van der Waals surface area contributed by atoms with Gasteiger partial charge in [0.25, 0.3) is 0 Å². The molecule has 4 nitrogen and oxygen atoms in total. The maximum atomic E-state index is 5.97. The fourth-order valence-corrected chi connectivity index (χ4v) is 2.77. The van der Waals surface area contributed by atoms with E-state index in [4.69, 9.17) is 9.47 Å². The van der Waals surface area contributed by atoms with Crippen LogP contribution in [0, 0.1) is 0 Å². The van der Waals surface area contributed by atoms with Crippen LogP contribution in [-0.4, -0.2) is 51.4 Å². The van der Waals surface area contributed by atoms with Crippen molar-refractivity contribution in [3.8, 4) is 0 Å². The molecule has 1 N–H and O–H groups in total. The second-order valence-electron chi connectivity index (χ2n) is 5.32. The average molecular weight is 278 g/mol. The number of likely N-dealkylation sites (N-methyl/N-ethyl adjacent to an activating group) is 2. The number of rotatable bonds is 6. The summed E-state index contributed by atoms with van der Waals surface area (Å²) in [4.78, 5) is 2.39. The van der Waals surface area contributed by atoms with E-state index < -0.39 is 0 Å². The van der Waals surface area contributed by atoms with Crippen molar-refractivity contribution in [3.05, 3.63) is 35.4 Å². The van der Waals surface area contributed by atoms with Crippen molar-refractivity contribution in [2.24, 2.45) is 0 Å². The molecule has 1 aliphatic rings. The molecule has 2 atom stereocenters. The van der Waals surface area contributed by atoms with Gasteiger partial charge in [0.15, 0.2) is 0 Å². The highest BCUT2D eigenvalue weighted by Gasteiger charge is 2.30. The smallest absolute Gasteiger partial charge is 0.0896 e. The molecule has 1 heterocycles. The number of morpholine rings is 1.